The molecule has 2 radical (unpaired) electrons. The van der Waals surface area contributed by atoms with Crippen LogP contribution < -0.4 is 0 Å². The molecule has 0 aliphatic carbocycles. The summed E-state index contributed by atoms with van der Waals surface area (Å²) in [6.45, 7) is 7.67. The van der Waals surface area contributed by atoms with Crippen molar-refractivity contribution in [3.8, 4) is 0 Å². The zero-order chi connectivity index (χ0) is 21.4. The van der Waals surface area contributed by atoms with Crippen molar-refractivity contribution in [3.63, 3.8) is 0 Å². The molecule has 2 aromatic rings. The van der Waals surface area contributed by atoms with Crippen LogP contribution in [-0.2, 0) is 18.9 Å². The Morgan fingerprint density at radius 3 is 1.43 bits per heavy atom. The van der Waals surface area contributed by atoms with Gasteiger partial charge in [-0.3, -0.25) is 0 Å². The summed E-state index contributed by atoms with van der Waals surface area (Å²) in [6, 6.07) is 20.6. The van der Waals surface area contributed by atoms with E-state index in [4.69, 9.17) is 26.5 Å². The normalized spacial score (nSPS) is 13.4. The minimum Gasteiger partial charge on any atom is -0.379 e. The Labute approximate surface area is 184 Å². The monoisotopic (exact) mass is 428 g/mol. The van der Waals surface area contributed by atoms with Gasteiger partial charge in [0, 0.05) is 13.2 Å². The molecular formula is C24H34BO4P. The van der Waals surface area contributed by atoms with Crippen LogP contribution >= 0.6 is 7.80 Å². The maximum atomic E-state index is 6.65. The lowest BCUT2D eigenvalue weighted by Gasteiger charge is -2.27. The number of hydrogen-bond donors (Lipinski definition) is 0. The standard InChI is InChI=1S/C24H34BO4P/c1-3-26-15-17-28-23(21-11-7-5-8-12-21)19-30(25)20-24(29-18-16-27-4-2)22-13-9-6-10-14-22/h5-14,23-24H,3-4,15-20H2,1-2H3/t23-,24-/m0/s1. The van der Waals surface area contributed by atoms with Crippen LogP contribution in [0.4, 0.5) is 0 Å². The third kappa shape index (κ3) is 9.72. The molecule has 0 unspecified atom stereocenters. The van der Waals surface area contributed by atoms with E-state index in [1.54, 1.807) is 0 Å². The van der Waals surface area contributed by atoms with Crippen LogP contribution in [0.25, 0.3) is 0 Å². The molecule has 2 aromatic carbocycles. The van der Waals surface area contributed by atoms with Crippen LogP contribution in [0.15, 0.2) is 60.7 Å². The van der Waals surface area contributed by atoms with Crippen molar-refractivity contribution in [2.75, 3.05) is 52.0 Å². The van der Waals surface area contributed by atoms with E-state index in [0.29, 0.717) is 39.6 Å². The van der Waals surface area contributed by atoms with Crippen LogP contribution in [0.5, 0.6) is 0 Å². The van der Waals surface area contributed by atoms with Gasteiger partial charge in [0.05, 0.1) is 38.6 Å². The van der Waals surface area contributed by atoms with Crippen LogP contribution in [-0.4, -0.2) is 59.5 Å². The van der Waals surface area contributed by atoms with Crippen molar-refractivity contribution in [2.45, 2.75) is 26.1 Å². The van der Waals surface area contributed by atoms with Crippen LogP contribution in [0.3, 0.4) is 0 Å². The van der Waals surface area contributed by atoms with Gasteiger partial charge in [0.15, 0.2) is 0 Å². The average Bonchev–Trinajstić information content (AvgIpc) is 2.79. The molecule has 0 bridgehead atoms. The van der Waals surface area contributed by atoms with E-state index >= 15 is 0 Å². The third-order valence-corrected chi connectivity index (χ3v) is 6.25. The topological polar surface area (TPSA) is 36.9 Å². The van der Waals surface area contributed by atoms with Gasteiger partial charge in [-0.2, -0.15) is 7.80 Å². The highest BCUT2D eigenvalue weighted by molar-refractivity contribution is 7.82. The third-order valence-electron chi connectivity index (χ3n) is 4.65. The molecule has 0 fully saturated rings. The minimum atomic E-state index is -0.787. The Morgan fingerprint density at radius 1 is 0.667 bits per heavy atom. The van der Waals surface area contributed by atoms with Gasteiger partial charge in [-0.05, 0) is 37.3 Å². The summed E-state index contributed by atoms with van der Waals surface area (Å²) < 4.78 is 23.2. The van der Waals surface area contributed by atoms with Crippen molar-refractivity contribution in [1.82, 2.24) is 0 Å². The molecule has 0 aromatic heterocycles. The zero-order valence-corrected chi connectivity index (χ0v) is 19.1. The van der Waals surface area contributed by atoms with Gasteiger partial charge >= 0.3 is 0 Å². The van der Waals surface area contributed by atoms with E-state index in [9.17, 15) is 0 Å². The highest BCUT2D eigenvalue weighted by atomic mass is 31.1. The highest BCUT2D eigenvalue weighted by Crippen LogP contribution is 2.41. The largest absolute Gasteiger partial charge is 0.379 e. The van der Waals surface area contributed by atoms with E-state index in [-0.39, 0.29) is 12.2 Å². The predicted molar refractivity (Wildman–Crippen MR) is 126 cm³/mol. The van der Waals surface area contributed by atoms with Gasteiger partial charge in [-0.25, -0.2) is 0 Å². The molecule has 2 atom stereocenters. The lowest BCUT2D eigenvalue weighted by molar-refractivity contribution is 0.0137. The average molecular weight is 428 g/mol. The summed E-state index contributed by atoms with van der Waals surface area (Å²) in [4.78, 5) is 0. The van der Waals surface area contributed by atoms with Gasteiger partial charge in [0.1, 0.15) is 7.57 Å². The number of rotatable bonds is 16. The van der Waals surface area contributed by atoms with Gasteiger partial charge < -0.3 is 18.9 Å². The molecule has 0 saturated carbocycles. The molecule has 0 aliphatic rings. The molecular weight excluding hydrogens is 394 g/mol. The van der Waals surface area contributed by atoms with Gasteiger partial charge in [-0.1, -0.05) is 60.7 Å². The van der Waals surface area contributed by atoms with Crippen molar-refractivity contribution >= 4 is 15.4 Å². The fraction of sp³-hybridized carbons (Fsp3) is 0.500. The van der Waals surface area contributed by atoms with E-state index in [1.807, 2.05) is 50.2 Å². The first kappa shape index (κ1) is 25.0. The molecule has 0 amide bonds. The first-order valence-electron chi connectivity index (χ1n) is 10.7. The maximum absolute atomic E-state index is 6.65. The van der Waals surface area contributed by atoms with Crippen LogP contribution in [0.2, 0.25) is 0 Å². The Morgan fingerprint density at radius 2 is 1.07 bits per heavy atom. The second-order valence-corrected chi connectivity index (χ2v) is 8.80. The minimum absolute atomic E-state index is 0.0392. The SMILES string of the molecule is [B]P(C[C@H](OCCOCC)c1ccccc1)C[C@H](OCCOCC)c1ccccc1. The van der Waals surface area contributed by atoms with Crippen LogP contribution in [0.1, 0.15) is 37.2 Å². The smallest absolute Gasteiger partial charge is 0.109 e. The summed E-state index contributed by atoms with van der Waals surface area (Å²) in [5.74, 6) is 0. The second-order valence-electron chi connectivity index (χ2n) is 6.89. The first-order chi connectivity index (χ1) is 14.7. The fourth-order valence-corrected chi connectivity index (χ4v) is 4.77. The zero-order valence-electron chi connectivity index (χ0n) is 18.2. The summed E-state index contributed by atoms with van der Waals surface area (Å²) in [6.07, 6.45) is 1.48. The van der Waals surface area contributed by atoms with Crippen molar-refractivity contribution in [2.24, 2.45) is 0 Å². The van der Waals surface area contributed by atoms with E-state index < -0.39 is 7.80 Å². The molecule has 162 valence electrons. The number of benzene rings is 2. The molecule has 0 spiro atoms. The summed E-state index contributed by atoms with van der Waals surface area (Å²) >= 11 is 0. The van der Waals surface area contributed by atoms with Crippen molar-refractivity contribution in [1.29, 1.82) is 0 Å². The van der Waals surface area contributed by atoms with Gasteiger partial charge in [-0.15, -0.1) is 0 Å². The number of hydrogen-bond acceptors (Lipinski definition) is 4. The Kier molecular flexibility index (Phi) is 13.0. The molecule has 2 rings (SSSR count). The van der Waals surface area contributed by atoms with E-state index in [2.05, 4.69) is 24.3 Å². The Hall–Kier alpha value is -1.23. The summed E-state index contributed by atoms with van der Waals surface area (Å²) in [7, 11) is 5.87. The second kappa shape index (κ2) is 15.6. The van der Waals surface area contributed by atoms with E-state index in [1.165, 1.54) is 0 Å². The van der Waals surface area contributed by atoms with Crippen molar-refractivity contribution in [3.05, 3.63) is 71.8 Å². The van der Waals surface area contributed by atoms with Gasteiger partial charge in [0.2, 0.25) is 0 Å². The first-order valence-corrected chi connectivity index (χ1v) is 12.5. The maximum Gasteiger partial charge on any atom is 0.109 e. The summed E-state index contributed by atoms with van der Waals surface area (Å²) in [5, 5.41) is 0. The molecule has 6 heteroatoms. The fourth-order valence-electron chi connectivity index (χ4n) is 3.13. The molecule has 0 saturated heterocycles. The summed E-state index contributed by atoms with van der Waals surface area (Å²) in [5.41, 5.74) is 2.31. The Balaban J connectivity index is 1.99. The Bertz CT molecular complexity index is 601. The lowest BCUT2D eigenvalue weighted by atomic mass is 10.1. The van der Waals surface area contributed by atoms with Gasteiger partial charge in [0.25, 0.3) is 0 Å². The molecule has 30 heavy (non-hydrogen) atoms. The highest BCUT2D eigenvalue weighted by Gasteiger charge is 2.20. The molecule has 0 N–H and O–H groups in total. The lowest BCUT2D eigenvalue weighted by Crippen LogP contribution is -2.17. The molecule has 0 heterocycles. The quantitative estimate of drug-likeness (QED) is 0.211. The predicted octanol–water partition coefficient (Wildman–Crippen LogP) is 5.14. The molecule has 4 nitrogen and oxygen atoms in total. The van der Waals surface area contributed by atoms with Crippen molar-refractivity contribution < 1.29 is 18.9 Å². The number of ether oxygens (including phenoxy) is 4. The van der Waals surface area contributed by atoms with E-state index in [0.717, 1.165) is 23.5 Å². The molecule has 0 aliphatic heterocycles. The van der Waals surface area contributed by atoms with Crippen LogP contribution in [0, 0.1) is 0 Å².